The van der Waals surface area contributed by atoms with E-state index in [1.807, 2.05) is 12.1 Å². The first kappa shape index (κ1) is 15.4. The average molecular weight is 382 g/mol. The van der Waals surface area contributed by atoms with Crippen molar-refractivity contribution >= 4 is 33.2 Å². The van der Waals surface area contributed by atoms with Crippen LogP contribution in [-0.2, 0) is 0 Å². The topological polar surface area (TPSA) is 64.0 Å². The summed E-state index contributed by atoms with van der Waals surface area (Å²) in [5, 5.41) is 7.23. The molecule has 0 saturated heterocycles. The molecule has 7 heteroatoms. The Morgan fingerprint density at radius 2 is 2.05 bits per heavy atom. The third kappa shape index (κ3) is 3.47. The van der Waals surface area contributed by atoms with E-state index >= 15 is 0 Å². The zero-order valence-corrected chi connectivity index (χ0v) is 14.3. The van der Waals surface area contributed by atoms with E-state index in [0.717, 1.165) is 34.3 Å². The van der Waals surface area contributed by atoms with Crippen molar-refractivity contribution in [2.45, 2.75) is 37.8 Å². The summed E-state index contributed by atoms with van der Waals surface area (Å²) >= 11 is 4.80. The lowest BCUT2D eigenvalue weighted by atomic mass is 9.91. The Hall–Kier alpha value is -1.47. The van der Waals surface area contributed by atoms with Gasteiger partial charge in [0.2, 0.25) is 0 Å². The smallest absolute Gasteiger partial charge is 0.266 e. The summed E-state index contributed by atoms with van der Waals surface area (Å²) in [4.78, 5) is 24.7. The zero-order chi connectivity index (χ0) is 15.5. The maximum atomic E-state index is 12.1. The standard InChI is InChI=1S/C15H16BrN3O2S/c16-13-8-7-12(22-13)15(21)18-10-3-5-11(6-4-10)19-14(20)2-1-9-17-19/h1-2,7-11H,3-6H2,(H,18,21). The Morgan fingerprint density at radius 1 is 1.27 bits per heavy atom. The molecule has 2 aromatic heterocycles. The number of hydrogen-bond acceptors (Lipinski definition) is 4. The summed E-state index contributed by atoms with van der Waals surface area (Å²) in [6, 6.07) is 7.20. The van der Waals surface area contributed by atoms with Crippen LogP contribution in [0.5, 0.6) is 0 Å². The second-order valence-corrected chi connectivity index (χ2v) is 7.85. The van der Waals surface area contributed by atoms with E-state index in [1.54, 1.807) is 16.9 Å². The molecule has 0 aromatic carbocycles. The van der Waals surface area contributed by atoms with Gasteiger partial charge in [-0.25, -0.2) is 4.68 Å². The van der Waals surface area contributed by atoms with Crippen molar-refractivity contribution in [3.8, 4) is 0 Å². The summed E-state index contributed by atoms with van der Waals surface area (Å²) in [7, 11) is 0. The maximum absolute atomic E-state index is 12.1. The minimum absolute atomic E-state index is 0.0193. The van der Waals surface area contributed by atoms with Gasteiger partial charge in [0.15, 0.2) is 0 Å². The lowest BCUT2D eigenvalue weighted by Gasteiger charge is -2.29. The van der Waals surface area contributed by atoms with Gasteiger partial charge in [-0.2, -0.15) is 5.10 Å². The van der Waals surface area contributed by atoms with Gasteiger partial charge in [0.1, 0.15) is 0 Å². The Morgan fingerprint density at radius 3 is 2.68 bits per heavy atom. The van der Waals surface area contributed by atoms with Crippen LogP contribution in [-0.4, -0.2) is 21.7 Å². The highest BCUT2D eigenvalue weighted by molar-refractivity contribution is 9.11. The fourth-order valence-electron chi connectivity index (χ4n) is 2.80. The molecule has 0 radical (unpaired) electrons. The van der Waals surface area contributed by atoms with Crippen molar-refractivity contribution in [2.75, 3.05) is 0 Å². The Kier molecular flexibility index (Phi) is 4.73. The summed E-state index contributed by atoms with van der Waals surface area (Å²) in [5.74, 6) is -0.0193. The first-order valence-electron chi connectivity index (χ1n) is 7.23. The van der Waals surface area contributed by atoms with E-state index in [2.05, 4.69) is 26.3 Å². The number of aromatic nitrogens is 2. The number of carbonyl (C=O) groups is 1. The second kappa shape index (κ2) is 6.75. The third-order valence-electron chi connectivity index (χ3n) is 3.92. The molecule has 1 aliphatic carbocycles. The van der Waals surface area contributed by atoms with E-state index in [0.29, 0.717) is 0 Å². The Balaban J connectivity index is 1.57. The fraction of sp³-hybridized carbons (Fsp3) is 0.400. The van der Waals surface area contributed by atoms with Crippen LogP contribution in [0.2, 0.25) is 0 Å². The molecule has 0 atom stereocenters. The molecule has 1 aliphatic rings. The zero-order valence-electron chi connectivity index (χ0n) is 11.9. The third-order valence-corrected chi connectivity index (χ3v) is 5.54. The van der Waals surface area contributed by atoms with Gasteiger partial charge < -0.3 is 5.32 Å². The Bertz CT molecular complexity index is 719. The monoisotopic (exact) mass is 381 g/mol. The van der Waals surface area contributed by atoms with Crippen LogP contribution in [0.1, 0.15) is 41.4 Å². The quantitative estimate of drug-likeness (QED) is 0.888. The maximum Gasteiger partial charge on any atom is 0.266 e. The van der Waals surface area contributed by atoms with Crippen LogP contribution in [0.25, 0.3) is 0 Å². The molecule has 1 fully saturated rings. The summed E-state index contributed by atoms with van der Waals surface area (Å²) in [5.41, 5.74) is -0.0570. The van der Waals surface area contributed by atoms with Crippen molar-refractivity contribution in [3.05, 3.63) is 49.5 Å². The Labute approximate surface area is 140 Å². The molecule has 5 nitrogen and oxygen atoms in total. The first-order chi connectivity index (χ1) is 10.6. The largest absolute Gasteiger partial charge is 0.349 e. The molecule has 1 amide bonds. The number of nitrogens with zero attached hydrogens (tertiary/aromatic N) is 2. The highest BCUT2D eigenvalue weighted by atomic mass is 79.9. The molecule has 3 rings (SSSR count). The van der Waals surface area contributed by atoms with Gasteiger partial charge in [0.25, 0.3) is 11.5 Å². The van der Waals surface area contributed by atoms with Gasteiger partial charge in [-0.3, -0.25) is 9.59 Å². The number of halogens is 1. The SMILES string of the molecule is O=C(NC1CCC(n2ncccc2=O)CC1)c1ccc(Br)s1. The highest BCUT2D eigenvalue weighted by Crippen LogP contribution is 2.27. The van der Waals surface area contributed by atoms with Gasteiger partial charge >= 0.3 is 0 Å². The van der Waals surface area contributed by atoms with Gasteiger partial charge in [0.05, 0.1) is 14.7 Å². The molecule has 1 saturated carbocycles. The number of amides is 1. The second-order valence-electron chi connectivity index (χ2n) is 5.39. The van der Waals surface area contributed by atoms with Gasteiger partial charge in [-0.15, -0.1) is 11.3 Å². The molecule has 22 heavy (non-hydrogen) atoms. The number of rotatable bonds is 3. The minimum atomic E-state index is -0.0570. The molecule has 116 valence electrons. The molecule has 0 bridgehead atoms. The first-order valence-corrected chi connectivity index (χ1v) is 8.84. The number of carbonyl (C=O) groups excluding carboxylic acids is 1. The van der Waals surface area contributed by atoms with Gasteiger partial charge in [-0.05, 0) is 59.8 Å². The van der Waals surface area contributed by atoms with E-state index in [1.165, 1.54) is 17.4 Å². The number of thiophene rings is 1. The van der Waals surface area contributed by atoms with E-state index < -0.39 is 0 Å². The molecule has 0 aliphatic heterocycles. The van der Waals surface area contributed by atoms with Crippen molar-refractivity contribution < 1.29 is 4.79 Å². The molecular weight excluding hydrogens is 366 g/mol. The lowest BCUT2D eigenvalue weighted by Crippen LogP contribution is -2.39. The van der Waals surface area contributed by atoms with Crippen LogP contribution >= 0.6 is 27.3 Å². The van der Waals surface area contributed by atoms with Crippen LogP contribution in [0.4, 0.5) is 0 Å². The predicted octanol–water partition coefficient (Wildman–Crippen LogP) is 2.98. The summed E-state index contributed by atoms with van der Waals surface area (Å²) in [6.45, 7) is 0. The molecule has 0 unspecified atom stereocenters. The van der Waals surface area contributed by atoms with E-state index in [4.69, 9.17) is 0 Å². The van der Waals surface area contributed by atoms with Crippen LogP contribution in [0.3, 0.4) is 0 Å². The van der Waals surface area contributed by atoms with Gasteiger partial charge in [-0.1, -0.05) is 0 Å². The molecule has 2 aromatic rings. The van der Waals surface area contributed by atoms with Crippen molar-refractivity contribution in [3.63, 3.8) is 0 Å². The van der Waals surface area contributed by atoms with Crippen molar-refractivity contribution in [1.82, 2.24) is 15.1 Å². The van der Waals surface area contributed by atoms with Gasteiger partial charge in [0, 0.05) is 18.3 Å². The van der Waals surface area contributed by atoms with E-state index in [9.17, 15) is 9.59 Å². The molecular formula is C15H16BrN3O2S. The summed E-state index contributed by atoms with van der Waals surface area (Å²) < 4.78 is 2.52. The normalized spacial score (nSPS) is 21.5. The van der Waals surface area contributed by atoms with E-state index in [-0.39, 0.29) is 23.6 Å². The van der Waals surface area contributed by atoms with Crippen molar-refractivity contribution in [1.29, 1.82) is 0 Å². The van der Waals surface area contributed by atoms with Crippen LogP contribution in [0.15, 0.2) is 39.0 Å². The van der Waals surface area contributed by atoms with Crippen LogP contribution < -0.4 is 10.9 Å². The summed E-state index contributed by atoms with van der Waals surface area (Å²) in [6.07, 6.45) is 5.09. The average Bonchev–Trinajstić information content (AvgIpc) is 2.95. The number of nitrogens with one attached hydrogen (secondary N) is 1. The minimum Gasteiger partial charge on any atom is -0.349 e. The number of hydrogen-bond donors (Lipinski definition) is 1. The molecule has 1 N–H and O–H groups in total. The lowest BCUT2D eigenvalue weighted by molar-refractivity contribution is 0.0925. The highest BCUT2D eigenvalue weighted by Gasteiger charge is 2.25. The van der Waals surface area contributed by atoms with Crippen molar-refractivity contribution in [2.24, 2.45) is 0 Å². The molecule has 0 spiro atoms. The fourth-order valence-corrected chi connectivity index (χ4v) is 4.09. The van der Waals surface area contributed by atoms with Crippen LogP contribution in [0, 0.1) is 0 Å². The molecule has 2 heterocycles. The predicted molar refractivity (Wildman–Crippen MR) is 89.3 cm³/mol.